The van der Waals surface area contributed by atoms with Crippen molar-refractivity contribution in [3.8, 4) is 17.2 Å². The second-order valence-electron chi connectivity index (χ2n) is 6.11. The van der Waals surface area contributed by atoms with Gasteiger partial charge in [0.25, 0.3) is 5.91 Å². The zero-order chi connectivity index (χ0) is 20.8. The van der Waals surface area contributed by atoms with E-state index < -0.39 is 0 Å². The van der Waals surface area contributed by atoms with Crippen molar-refractivity contribution in [3.05, 3.63) is 57.5 Å². The minimum absolute atomic E-state index is 0.252. The van der Waals surface area contributed by atoms with Gasteiger partial charge in [-0.25, -0.2) is 0 Å². The van der Waals surface area contributed by atoms with Gasteiger partial charge in [0.05, 0.1) is 11.5 Å². The first-order chi connectivity index (χ1) is 14.0. The van der Waals surface area contributed by atoms with E-state index in [2.05, 4.69) is 4.99 Å². The van der Waals surface area contributed by atoms with Crippen LogP contribution in [0, 0.1) is 6.92 Å². The first-order valence-electron chi connectivity index (χ1n) is 9.03. The van der Waals surface area contributed by atoms with Crippen molar-refractivity contribution in [3.63, 3.8) is 0 Å². The molecule has 1 aliphatic heterocycles. The van der Waals surface area contributed by atoms with Crippen LogP contribution in [0.15, 0.2) is 46.3 Å². The maximum Gasteiger partial charge on any atom is 0.286 e. The molecule has 2 aromatic rings. The Morgan fingerprint density at radius 2 is 1.90 bits per heavy atom. The third kappa shape index (κ3) is 5.68. The van der Waals surface area contributed by atoms with Crippen molar-refractivity contribution in [1.29, 1.82) is 0 Å². The number of aryl methyl sites for hydroxylation is 1. The van der Waals surface area contributed by atoms with Crippen molar-refractivity contribution in [2.24, 2.45) is 10.7 Å². The van der Waals surface area contributed by atoms with Gasteiger partial charge < -0.3 is 19.9 Å². The summed E-state index contributed by atoms with van der Waals surface area (Å²) in [5.74, 6) is 1.60. The lowest BCUT2D eigenvalue weighted by molar-refractivity contribution is -0.113. The molecule has 29 heavy (non-hydrogen) atoms. The van der Waals surface area contributed by atoms with Crippen LogP contribution in [0.1, 0.15) is 18.1 Å². The maximum atomic E-state index is 11.8. The molecule has 0 fully saturated rings. The third-order valence-electron chi connectivity index (χ3n) is 3.94. The molecule has 3 rings (SSSR count). The van der Waals surface area contributed by atoms with Crippen LogP contribution in [-0.2, 0) is 4.79 Å². The lowest BCUT2D eigenvalue weighted by atomic mass is 10.2. The number of aliphatic imine (C=N–C) groups is 1. The number of nitrogens with two attached hydrogens (primary N) is 1. The van der Waals surface area contributed by atoms with Crippen molar-refractivity contribution in [1.82, 2.24) is 0 Å². The van der Waals surface area contributed by atoms with Gasteiger partial charge in [-0.15, -0.1) is 0 Å². The van der Waals surface area contributed by atoms with Gasteiger partial charge in [0.1, 0.15) is 19.0 Å². The second kappa shape index (κ2) is 9.71. The topological polar surface area (TPSA) is 83.1 Å². The summed E-state index contributed by atoms with van der Waals surface area (Å²) in [5, 5.41) is 0.957. The van der Waals surface area contributed by atoms with Gasteiger partial charge >= 0.3 is 0 Å². The summed E-state index contributed by atoms with van der Waals surface area (Å²) < 4.78 is 17.2. The summed E-state index contributed by atoms with van der Waals surface area (Å²) in [5.41, 5.74) is 7.34. The number of rotatable bonds is 8. The smallest absolute Gasteiger partial charge is 0.286 e. The van der Waals surface area contributed by atoms with Crippen molar-refractivity contribution in [2.45, 2.75) is 13.8 Å². The van der Waals surface area contributed by atoms with Gasteiger partial charge in [0, 0.05) is 5.02 Å². The van der Waals surface area contributed by atoms with E-state index in [-0.39, 0.29) is 11.1 Å². The zero-order valence-corrected chi connectivity index (χ0v) is 17.7. The van der Waals surface area contributed by atoms with Crippen LogP contribution < -0.4 is 19.9 Å². The quantitative estimate of drug-likeness (QED) is 0.490. The Morgan fingerprint density at radius 3 is 2.59 bits per heavy atom. The summed E-state index contributed by atoms with van der Waals surface area (Å²) in [7, 11) is 0. The Bertz CT molecular complexity index is 975. The summed E-state index contributed by atoms with van der Waals surface area (Å²) in [4.78, 5) is 15.9. The molecule has 6 nitrogen and oxygen atoms in total. The van der Waals surface area contributed by atoms with Crippen LogP contribution >= 0.6 is 23.4 Å². The molecular weight excluding hydrogens is 412 g/mol. The highest BCUT2D eigenvalue weighted by atomic mass is 35.5. The largest absolute Gasteiger partial charge is 0.490 e. The Hall–Kier alpha value is -2.64. The molecule has 0 aliphatic carbocycles. The first kappa shape index (κ1) is 21.1. The summed E-state index contributed by atoms with van der Waals surface area (Å²) in [6.45, 7) is 5.03. The molecule has 0 atom stereocenters. The SMILES string of the molecule is CCOc1cc(/C=C2\SC(N)=NC2=O)ccc1OCCOc1ccc(Cl)c(C)c1. The van der Waals surface area contributed by atoms with Crippen LogP contribution in [0.25, 0.3) is 6.08 Å². The van der Waals surface area contributed by atoms with Crippen LogP contribution in [0.4, 0.5) is 0 Å². The number of carbonyl (C=O) groups excluding carboxylic acids is 1. The molecule has 0 radical (unpaired) electrons. The van der Waals surface area contributed by atoms with Crippen molar-refractivity contribution < 1.29 is 19.0 Å². The van der Waals surface area contributed by atoms with Gasteiger partial charge in [-0.2, -0.15) is 4.99 Å². The van der Waals surface area contributed by atoms with Gasteiger partial charge in [0.2, 0.25) is 0 Å². The average molecular weight is 433 g/mol. The van der Waals surface area contributed by atoms with E-state index in [1.165, 1.54) is 0 Å². The van der Waals surface area contributed by atoms with E-state index in [9.17, 15) is 4.79 Å². The van der Waals surface area contributed by atoms with E-state index >= 15 is 0 Å². The Morgan fingerprint density at radius 1 is 1.10 bits per heavy atom. The predicted molar refractivity (Wildman–Crippen MR) is 117 cm³/mol. The van der Waals surface area contributed by atoms with Crippen LogP contribution in [0.3, 0.4) is 0 Å². The molecule has 0 saturated carbocycles. The molecule has 2 N–H and O–H groups in total. The molecule has 152 valence electrons. The zero-order valence-electron chi connectivity index (χ0n) is 16.1. The Labute approximate surface area is 178 Å². The molecular formula is C21H21ClN2O4S. The van der Waals surface area contributed by atoms with E-state index in [0.717, 1.165) is 28.6 Å². The van der Waals surface area contributed by atoms with Crippen LogP contribution in [0.5, 0.6) is 17.2 Å². The molecule has 0 aromatic heterocycles. The van der Waals surface area contributed by atoms with Crippen LogP contribution in [-0.4, -0.2) is 30.9 Å². The number of thioether (sulfide) groups is 1. The molecule has 1 heterocycles. The number of ether oxygens (including phenoxy) is 3. The van der Waals surface area contributed by atoms with Crippen molar-refractivity contribution in [2.75, 3.05) is 19.8 Å². The molecule has 0 unspecified atom stereocenters. The van der Waals surface area contributed by atoms with Crippen LogP contribution in [0.2, 0.25) is 5.02 Å². The number of hydrogen-bond donors (Lipinski definition) is 1. The molecule has 2 aromatic carbocycles. The van der Waals surface area contributed by atoms with Crippen molar-refractivity contribution >= 4 is 40.5 Å². The molecule has 1 aliphatic rings. The fourth-order valence-electron chi connectivity index (χ4n) is 2.60. The molecule has 0 bridgehead atoms. The monoisotopic (exact) mass is 432 g/mol. The lowest BCUT2D eigenvalue weighted by Crippen LogP contribution is -2.10. The van der Waals surface area contributed by atoms with Gasteiger partial charge in [-0.05, 0) is 73.1 Å². The van der Waals surface area contributed by atoms with Gasteiger partial charge in [0.15, 0.2) is 16.7 Å². The fraction of sp³-hybridized carbons (Fsp3) is 0.238. The van der Waals surface area contributed by atoms with E-state index in [1.54, 1.807) is 18.2 Å². The number of amidine groups is 1. The molecule has 0 spiro atoms. The van der Waals surface area contributed by atoms with E-state index in [4.69, 9.17) is 31.5 Å². The summed E-state index contributed by atoms with van der Waals surface area (Å²) >= 11 is 7.17. The van der Waals surface area contributed by atoms with Gasteiger partial charge in [-0.1, -0.05) is 17.7 Å². The number of carbonyl (C=O) groups is 1. The number of benzene rings is 2. The third-order valence-corrected chi connectivity index (χ3v) is 5.18. The van der Waals surface area contributed by atoms with E-state index in [0.29, 0.717) is 41.2 Å². The summed E-state index contributed by atoms with van der Waals surface area (Å²) in [6.07, 6.45) is 1.73. The average Bonchev–Trinajstić information content (AvgIpc) is 3.00. The number of halogens is 1. The predicted octanol–water partition coefficient (Wildman–Crippen LogP) is 4.43. The second-order valence-corrected chi connectivity index (χ2v) is 7.58. The van der Waals surface area contributed by atoms with Gasteiger partial charge in [-0.3, -0.25) is 4.79 Å². The fourth-order valence-corrected chi connectivity index (χ4v) is 3.40. The molecule has 1 amide bonds. The number of hydrogen-bond acceptors (Lipinski definition) is 6. The maximum absolute atomic E-state index is 11.8. The first-order valence-corrected chi connectivity index (χ1v) is 10.2. The minimum Gasteiger partial charge on any atom is -0.490 e. The standard InChI is InChI=1S/C21H21ClN2O4S/c1-3-26-18-11-14(12-19-20(25)24-21(23)29-19)4-7-17(18)28-9-8-27-15-5-6-16(22)13(2)10-15/h4-7,10-12H,3,8-9H2,1-2H3,(H2,23,24,25)/b19-12-. The highest BCUT2D eigenvalue weighted by Gasteiger charge is 2.19. The Balaban J connectivity index is 1.62. The molecule has 8 heteroatoms. The lowest BCUT2D eigenvalue weighted by Gasteiger charge is -2.13. The highest BCUT2D eigenvalue weighted by molar-refractivity contribution is 8.18. The molecule has 0 saturated heterocycles. The highest BCUT2D eigenvalue weighted by Crippen LogP contribution is 2.32. The number of nitrogens with zero attached hydrogens (tertiary/aromatic N) is 1. The van der Waals surface area contributed by atoms with E-state index in [1.807, 2.05) is 38.1 Å². The normalized spacial score (nSPS) is 14.8. The summed E-state index contributed by atoms with van der Waals surface area (Å²) in [6, 6.07) is 11.0. The minimum atomic E-state index is -0.333. The Kier molecular flexibility index (Phi) is 7.06. The number of amides is 1.